The zero-order chi connectivity index (χ0) is 12.3. The SMILES string of the molecule is CCNCCCCCN(C)CCOCC1CC1. The first-order valence-electron chi connectivity index (χ1n) is 7.30. The second-order valence-electron chi connectivity index (χ2n) is 5.24. The van der Waals surface area contributed by atoms with Crippen molar-refractivity contribution in [1.82, 2.24) is 10.2 Å². The standard InChI is InChI=1S/C14H30N2O/c1-3-15-9-5-4-6-10-16(2)11-12-17-13-14-7-8-14/h14-15H,3-13H2,1-2H3. The maximum Gasteiger partial charge on any atom is 0.0593 e. The molecular weight excluding hydrogens is 212 g/mol. The Balaban J connectivity index is 1.75. The van der Waals surface area contributed by atoms with Crippen LogP contribution in [0.1, 0.15) is 39.0 Å². The third-order valence-corrected chi connectivity index (χ3v) is 3.31. The fraction of sp³-hybridized carbons (Fsp3) is 1.00. The number of nitrogens with zero attached hydrogens (tertiary/aromatic N) is 1. The van der Waals surface area contributed by atoms with Crippen molar-refractivity contribution < 1.29 is 4.74 Å². The molecule has 0 unspecified atom stereocenters. The Labute approximate surface area is 107 Å². The van der Waals surface area contributed by atoms with Gasteiger partial charge in [-0.2, -0.15) is 0 Å². The van der Waals surface area contributed by atoms with E-state index in [1.165, 1.54) is 45.2 Å². The van der Waals surface area contributed by atoms with Crippen LogP contribution in [0.25, 0.3) is 0 Å². The van der Waals surface area contributed by atoms with Gasteiger partial charge in [-0.3, -0.25) is 0 Å². The molecule has 0 amide bonds. The van der Waals surface area contributed by atoms with E-state index in [1.54, 1.807) is 0 Å². The number of rotatable bonds is 12. The van der Waals surface area contributed by atoms with Crippen LogP contribution in [-0.2, 0) is 4.74 Å². The highest BCUT2D eigenvalue weighted by Crippen LogP contribution is 2.28. The van der Waals surface area contributed by atoms with Crippen molar-refractivity contribution >= 4 is 0 Å². The minimum atomic E-state index is 0.895. The summed E-state index contributed by atoms with van der Waals surface area (Å²) in [6.45, 7) is 8.62. The third-order valence-electron chi connectivity index (χ3n) is 3.31. The summed E-state index contributed by atoms with van der Waals surface area (Å²) in [5.74, 6) is 0.895. The van der Waals surface area contributed by atoms with Crippen molar-refractivity contribution in [3.8, 4) is 0 Å². The second-order valence-corrected chi connectivity index (χ2v) is 5.24. The van der Waals surface area contributed by atoms with E-state index in [9.17, 15) is 0 Å². The maximum atomic E-state index is 5.64. The van der Waals surface area contributed by atoms with Gasteiger partial charge in [-0.25, -0.2) is 0 Å². The zero-order valence-electron chi connectivity index (χ0n) is 11.7. The van der Waals surface area contributed by atoms with Crippen molar-refractivity contribution in [2.45, 2.75) is 39.0 Å². The van der Waals surface area contributed by atoms with Crippen molar-refractivity contribution in [3.63, 3.8) is 0 Å². The molecule has 1 rings (SSSR count). The Morgan fingerprint density at radius 3 is 2.71 bits per heavy atom. The Hall–Kier alpha value is -0.120. The van der Waals surface area contributed by atoms with E-state index in [-0.39, 0.29) is 0 Å². The van der Waals surface area contributed by atoms with E-state index >= 15 is 0 Å². The van der Waals surface area contributed by atoms with Gasteiger partial charge in [0.1, 0.15) is 0 Å². The summed E-state index contributed by atoms with van der Waals surface area (Å²) in [5.41, 5.74) is 0. The van der Waals surface area contributed by atoms with Crippen LogP contribution in [-0.4, -0.2) is 51.3 Å². The molecule has 0 spiro atoms. The first kappa shape index (κ1) is 14.9. The van der Waals surface area contributed by atoms with Crippen LogP contribution in [0.2, 0.25) is 0 Å². The van der Waals surface area contributed by atoms with Crippen molar-refractivity contribution in [1.29, 1.82) is 0 Å². The minimum absolute atomic E-state index is 0.895. The normalized spacial score (nSPS) is 15.7. The Bertz CT molecular complexity index is 172. The number of hydrogen-bond donors (Lipinski definition) is 1. The quantitative estimate of drug-likeness (QED) is 0.531. The van der Waals surface area contributed by atoms with Gasteiger partial charge in [-0.1, -0.05) is 13.3 Å². The van der Waals surface area contributed by atoms with E-state index in [0.717, 1.165) is 32.2 Å². The summed E-state index contributed by atoms with van der Waals surface area (Å²) in [6, 6.07) is 0. The van der Waals surface area contributed by atoms with E-state index in [1.807, 2.05) is 0 Å². The highest BCUT2D eigenvalue weighted by molar-refractivity contribution is 4.71. The Morgan fingerprint density at radius 1 is 1.18 bits per heavy atom. The van der Waals surface area contributed by atoms with Crippen molar-refractivity contribution in [3.05, 3.63) is 0 Å². The molecule has 1 N–H and O–H groups in total. The third kappa shape index (κ3) is 9.57. The zero-order valence-corrected chi connectivity index (χ0v) is 11.7. The largest absolute Gasteiger partial charge is 0.380 e. The average Bonchev–Trinajstić information content (AvgIpc) is 3.13. The van der Waals surface area contributed by atoms with Gasteiger partial charge in [-0.15, -0.1) is 0 Å². The van der Waals surface area contributed by atoms with Gasteiger partial charge >= 0.3 is 0 Å². The van der Waals surface area contributed by atoms with Crippen LogP contribution in [0.15, 0.2) is 0 Å². The second kappa shape index (κ2) is 9.86. The number of hydrogen-bond acceptors (Lipinski definition) is 3. The van der Waals surface area contributed by atoms with E-state index < -0.39 is 0 Å². The van der Waals surface area contributed by atoms with Crippen molar-refractivity contribution in [2.75, 3.05) is 46.4 Å². The molecule has 0 heterocycles. The minimum Gasteiger partial charge on any atom is -0.380 e. The van der Waals surface area contributed by atoms with E-state index in [4.69, 9.17) is 4.74 Å². The molecule has 1 fully saturated rings. The van der Waals surface area contributed by atoms with Gasteiger partial charge in [0.2, 0.25) is 0 Å². The summed E-state index contributed by atoms with van der Waals surface area (Å²) in [7, 11) is 2.20. The predicted molar refractivity (Wildman–Crippen MR) is 73.4 cm³/mol. The molecule has 1 saturated carbocycles. The average molecular weight is 242 g/mol. The fourth-order valence-electron chi connectivity index (χ4n) is 1.85. The molecule has 0 saturated heterocycles. The van der Waals surface area contributed by atoms with Crippen LogP contribution in [0, 0.1) is 5.92 Å². The van der Waals surface area contributed by atoms with Crippen molar-refractivity contribution in [2.24, 2.45) is 5.92 Å². The molecule has 0 aromatic carbocycles. The Kier molecular flexibility index (Phi) is 8.67. The maximum absolute atomic E-state index is 5.64. The van der Waals surface area contributed by atoms with Gasteiger partial charge in [0.05, 0.1) is 6.61 Å². The van der Waals surface area contributed by atoms with Crippen LogP contribution in [0.5, 0.6) is 0 Å². The number of nitrogens with one attached hydrogen (secondary N) is 1. The molecule has 17 heavy (non-hydrogen) atoms. The molecule has 102 valence electrons. The highest BCUT2D eigenvalue weighted by Gasteiger charge is 2.20. The monoisotopic (exact) mass is 242 g/mol. The predicted octanol–water partition coefficient (Wildman–Crippen LogP) is 2.12. The van der Waals surface area contributed by atoms with E-state index in [2.05, 4.69) is 24.2 Å². The van der Waals surface area contributed by atoms with Gasteiger partial charge in [0.15, 0.2) is 0 Å². The number of unbranched alkanes of at least 4 members (excludes halogenated alkanes) is 2. The lowest BCUT2D eigenvalue weighted by Crippen LogP contribution is -2.24. The van der Waals surface area contributed by atoms with Gasteiger partial charge < -0.3 is 15.0 Å². The van der Waals surface area contributed by atoms with Crippen LogP contribution < -0.4 is 5.32 Å². The van der Waals surface area contributed by atoms with E-state index in [0.29, 0.717) is 0 Å². The van der Waals surface area contributed by atoms with Gasteiger partial charge in [0, 0.05) is 13.2 Å². The summed E-state index contributed by atoms with van der Waals surface area (Å²) >= 11 is 0. The lowest BCUT2D eigenvalue weighted by molar-refractivity contribution is 0.103. The topological polar surface area (TPSA) is 24.5 Å². The first-order valence-corrected chi connectivity index (χ1v) is 7.30. The summed E-state index contributed by atoms with van der Waals surface area (Å²) in [4.78, 5) is 2.39. The highest BCUT2D eigenvalue weighted by atomic mass is 16.5. The molecule has 0 aromatic heterocycles. The molecule has 3 nitrogen and oxygen atoms in total. The molecular formula is C14H30N2O. The molecule has 0 aliphatic heterocycles. The summed E-state index contributed by atoms with van der Waals surface area (Å²) in [5, 5.41) is 3.36. The summed E-state index contributed by atoms with van der Waals surface area (Å²) < 4.78 is 5.64. The molecule has 0 atom stereocenters. The fourth-order valence-corrected chi connectivity index (χ4v) is 1.85. The smallest absolute Gasteiger partial charge is 0.0593 e. The number of ether oxygens (including phenoxy) is 1. The molecule has 1 aliphatic carbocycles. The molecule has 1 aliphatic rings. The van der Waals surface area contributed by atoms with Crippen LogP contribution >= 0.6 is 0 Å². The van der Waals surface area contributed by atoms with Crippen LogP contribution in [0.4, 0.5) is 0 Å². The molecule has 0 aromatic rings. The van der Waals surface area contributed by atoms with Gasteiger partial charge in [0.25, 0.3) is 0 Å². The lowest BCUT2D eigenvalue weighted by Gasteiger charge is -2.16. The molecule has 3 heteroatoms. The van der Waals surface area contributed by atoms with Crippen LogP contribution in [0.3, 0.4) is 0 Å². The number of likely N-dealkylation sites (N-methyl/N-ethyl adjacent to an activating group) is 1. The van der Waals surface area contributed by atoms with Gasteiger partial charge in [-0.05, 0) is 58.3 Å². The lowest BCUT2D eigenvalue weighted by atomic mass is 10.2. The Morgan fingerprint density at radius 2 is 2.00 bits per heavy atom. The first-order chi connectivity index (χ1) is 8.33. The summed E-state index contributed by atoms with van der Waals surface area (Å²) in [6.07, 6.45) is 6.73. The molecule has 0 radical (unpaired) electrons. The molecule has 0 bridgehead atoms.